The minimum absolute atomic E-state index is 0.105. The van der Waals surface area contributed by atoms with Gasteiger partial charge in [-0.15, -0.1) is 0 Å². The van der Waals surface area contributed by atoms with Crippen molar-refractivity contribution in [1.82, 2.24) is 5.32 Å². The molecular formula is C9H19NO. The van der Waals surface area contributed by atoms with E-state index in [0.29, 0.717) is 12.5 Å². The summed E-state index contributed by atoms with van der Waals surface area (Å²) < 4.78 is 0. The normalized spacial score (nSPS) is 27.0. The van der Waals surface area contributed by atoms with Gasteiger partial charge in [-0.3, -0.25) is 0 Å². The minimum Gasteiger partial charge on any atom is -0.396 e. The maximum absolute atomic E-state index is 9.12. The molecule has 1 rings (SSSR count). The van der Waals surface area contributed by atoms with Gasteiger partial charge in [0, 0.05) is 6.61 Å². The van der Waals surface area contributed by atoms with E-state index >= 15 is 0 Å². The first-order valence-corrected chi connectivity index (χ1v) is 4.48. The summed E-state index contributed by atoms with van der Waals surface area (Å²) in [5.41, 5.74) is 0.105. The lowest BCUT2D eigenvalue weighted by atomic mass is 9.76. The maximum atomic E-state index is 9.12. The van der Waals surface area contributed by atoms with Crippen LogP contribution in [-0.2, 0) is 0 Å². The Bertz CT molecular complexity index is 117. The van der Waals surface area contributed by atoms with Crippen LogP contribution in [0.3, 0.4) is 0 Å². The van der Waals surface area contributed by atoms with Crippen LogP contribution in [0.1, 0.15) is 26.7 Å². The summed E-state index contributed by atoms with van der Waals surface area (Å²) in [6.07, 6.45) is 2.52. The van der Waals surface area contributed by atoms with Crippen LogP contribution in [-0.4, -0.2) is 24.8 Å². The van der Waals surface area contributed by atoms with E-state index in [1.165, 1.54) is 12.8 Å². The largest absolute Gasteiger partial charge is 0.396 e. The molecule has 1 heterocycles. The van der Waals surface area contributed by atoms with Crippen molar-refractivity contribution in [3.8, 4) is 0 Å². The molecule has 0 amide bonds. The lowest BCUT2D eigenvalue weighted by molar-refractivity contribution is 0.0806. The standard InChI is InChI=1S/C9H19NO/c1-9(2,7-11)8-4-3-5-10-6-8/h8,10-11H,3-7H2,1-2H3. The van der Waals surface area contributed by atoms with Crippen LogP contribution in [0.4, 0.5) is 0 Å². The van der Waals surface area contributed by atoms with Gasteiger partial charge >= 0.3 is 0 Å². The fourth-order valence-electron chi connectivity index (χ4n) is 1.65. The molecule has 0 saturated carbocycles. The summed E-state index contributed by atoms with van der Waals surface area (Å²) in [5.74, 6) is 0.654. The quantitative estimate of drug-likeness (QED) is 0.627. The maximum Gasteiger partial charge on any atom is 0.0485 e. The highest BCUT2D eigenvalue weighted by atomic mass is 16.3. The molecule has 0 aromatic rings. The van der Waals surface area contributed by atoms with Crippen LogP contribution in [0.15, 0.2) is 0 Å². The number of hydrogen-bond acceptors (Lipinski definition) is 2. The molecule has 0 aromatic heterocycles. The molecule has 1 aliphatic rings. The number of aliphatic hydroxyl groups excluding tert-OH is 1. The van der Waals surface area contributed by atoms with Crippen molar-refractivity contribution in [2.24, 2.45) is 11.3 Å². The molecule has 1 unspecified atom stereocenters. The molecular weight excluding hydrogens is 138 g/mol. The Morgan fingerprint density at radius 2 is 2.27 bits per heavy atom. The molecule has 2 nitrogen and oxygen atoms in total. The molecule has 1 aliphatic heterocycles. The molecule has 1 atom stereocenters. The Kier molecular flexibility index (Phi) is 2.90. The average molecular weight is 157 g/mol. The zero-order valence-corrected chi connectivity index (χ0v) is 7.56. The first-order valence-electron chi connectivity index (χ1n) is 4.48. The Morgan fingerprint density at radius 3 is 2.73 bits per heavy atom. The van der Waals surface area contributed by atoms with E-state index in [9.17, 15) is 0 Å². The third-order valence-corrected chi connectivity index (χ3v) is 2.81. The van der Waals surface area contributed by atoms with E-state index < -0.39 is 0 Å². The van der Waals surface area contributed by atoms with Crippen molar-refractivity contribution in [1.29, 1.82) is 0 Å². The Hall–Kier alpha value is -0.0800. The number of aliphatic hydroxyl groups is 1. The Labute approximate surface area is 69.0 Å². The number of piperidine rings is 1. The second-order valence-corrected chi connectivity index (χ2v) is 4.19. The van der Waals surface area contributed by atoms with E-state index in [4.69, 9.17) is 5.11 Å². The van der Waals surface area contributed by atoms with Crippen molar-refractivity contribution in [3.63, 3.8) is 0 Å². The van der Waals surface area contributed by atoms with E-state index in [0.717, 1.165) is 13.1 Å². The average Bonchev–Trinajstić information content (AvgIpc) is 2.06. The van der Waals surface area contributed by atoms with E-state index in [1.54, 1.807) is 0 Å². The van der Waals surface area contributed by atoms with Crippen molar-refractivity contribution in [2.45, 2.75) is 26.7 Å². The van der Waals surface area contributed by atoms with Crippen LogP contribution in [0, 0.1) is 11.3 Å². The summed E-state index contributed by atoms with van der Waals surface area (Å²) >= 11 is 0. The fourth-order valence-corrected chi connectivity index (χ4v) is 1.65. The van der Waals surface area contributed by atoms with Gasteiger partial charge in [0.2, 0.25) is 0 Å². The van der Waals surface area contributed by atoms with Crippen LogP contribution in [0.2, 0.25) is 0 Å². The van der Waals surface area contributed by atoms with Crippen molar-refractivity contribution >= 4 is 0 Å². The summed E-state index contributed by atoms with van der Waals surface area (Å²) in [4.78, 5) is 0. The van der Waals surface area contributed by atoms with Crippen LogP contribution in [0.25, 0.3) is 0 Å². The van der Waals surface area contributed by atoms with Crippen molar-refractivity contribution in [3.05, 3.63) is 0 Å². The molecule has 0 bridgehead atoms. The highest BCUT2D eigenvalue weighted by Crippen LogP contribution is 2.30. The molecule has 11 heavy (non-hydrogen) atoms. The minimum atomic E-state index is 0.105. The third kappa shape index (κ3) is 2.17. The lowest BCUT2D eigenvalue weighted by Gasteiger charge is -2.35. The Balaban J connectivity index is 2.43. The first kappa shape index (κ1) is 9.01. The van der Waals surface area contributed by atoms with Gasteiger partial charge in [0.25, 0.3) is 0 Å². The summed E-state index contributed by atoms with van der Waals surface area (Å²) in [6, 6.07) is 0. The summed E-state index contributed by atoms with van der Waals surface area (Å²) in [6.45, 7) is 6.82. The van der Waals surface area contributed by atoms with Gasteiger partial charge in [-0.1, -0.05) is 13.8 Å². The monoisotopic (exact) mass is 157 g/mol. The van der Waals surface area contributed by atoms with Gasteiger partial charge in [-0.25, -0.2) is 0 Å². The van der Waals surface area contributed by atoms with Crippen LogP contribution >= 0.6 is 0 Å². The molecule has 66 valence electrons. The first-order chi connectivity index (χ1) is 5.17. The topological polar surface area (TPSA) is 32.3 Å². The molecule has 0 aromatic carbocycles. The zero-order valence-electron chi connectivity index (χ0n) is 7.56. The van der Waals surface area contributed by atoms with Gasteiger partial charge in [-0.05, 0) is 37.3 Å². The molecule has 0 radical (unpaired) electrons. The second-order valence-electron chi connectivity index (χ2n) is 4.19. The third-order valence-electron chi connectivity index (χ3n) is 2.81. The molecule has 1 saturated heterocycles. The van der Waals surface area contributed by atoms with Crippen LogP contribution in [0.5, 0.6) is 0 Å². The van der Waals surface area contributed by atoms with Gasteiger partial charge in [0.05, 0.1) is 0 Å². The lowest BCUT2D eigenvalue weighted by Crippen LogP contribution is -2.40. The highest BCUT2D eigenvalue weighted by Gasteiger charge is 2.29. The van der Waals surface area contributed by atoms with Gasteiger partial charge in [0.15, 0.2) is 0 Å². The predicted octanol–water partition coefficient (Wildman–Crippen LogP) is 1.00. The number of nitrogens with one attached hydrogen (secondary N) is 1. The molecule has 0 spiro atoms. The highest BCUT2D eigenvalue weighted by molar-refractivity contribution is 4.82. The SMILES string of the molecule is CC(C)(CO)C1CCCNC1. The van der Waals surface area contributed by atoms with Gasteiger partial charge in [-0.2, -0.15) is 0 Å². The molecule has 2 N–H and O–H groups in total. The van der Waals surface area contributed by atoms with E-state index in [2.05, 4.69) is 19.2 Å². The second kappa shape index (κ2) is 3.55. The number of hydrogen-bond donors (Lipinski definition) is 2. The number of rotatable bonds is 2. The molecule has 2 heteroatoms. The molecule has 0 aliphatic carbocycles. The van der Waals surface area contributed by atoms with E-state index in [1.807, 2.05) is 0 Å². The Morgan fingerprint density at radius 1 is 1.55 bits per heavy atom. The van der Waals surface area contributed by atoms with Crippen molar-refractivity contribution in [2.75, 3.05) is 19.7 Å². The summed E-state index contributed by atoms with van der Waals surface area (Å²) in [7, 11) is 0. The summed E-state index contributed by atoms with van der Waals surface area (Å²) in [5, 5.41) is 12.5. The van der Waals surface area contributed by atoms with Gasteiger partial charge in [0.1, 0.15) is 0 Å². The molecule has 1 fully saturated rings. The fraction of sp³-hybridized carbons (Fsp3) is 1.00. The van der Waals surface area contributed by atoms with E-state index in [-0.39, 0.29) is 5.41 Å². The zero-order chi connectivity index (χ0) is 8.32. The smallest absolute Gasteiger partial charge is 0.0485 e. The van der Waals surface area contributed by atoms with Gasteiger partial charge < -0.3 is 10.4 Å². The predicted molar refractivity (Wildman–Crippen MR) is 46.5 cm³/mol. The van der Waals surface area contributed by atoms with Crippen molar-refractivity contribution < 1.29 is 5.11 Å². The van der Waals surface area contributed by atoms with Crippen LogP contribution < -0.4 is 5.32 Å².